The summed E-state index contributed by atoms with van der Waals surface area (Å²) in [6.07, 6.45) is 2.61. The van der Waals surface area contributed by atoms with Gasteiger partial charge in [-0.3, -0.25) is 4.79 Å². The third kappa shape index (κ3) is 5.03. The number of anilines is 1. The molecule has 1 unspecified atom stereocenters. The molecule has 29 heavy (non-hydrogen) atoms. The van der Waals surface area contributed by atoms with Crippen molar-refractivity contribution in [2.45, 2.75) is 38.6 Å². The van der Waals surface area contributed by atoms with Crippen molar-refractivity contribution in [1.82, 2.24) is 5.43 Å². The number of hydrogen-bond donors (Lipinski definition) is 1. The van der Waals surface area contributed by atoms with Crippen molar-refractivity contribution in [3.63, 3.8) is 0 Å². The summed E-state index contributed by atoms with van der Waals surface area (Å²) in [5, 5.41) is 5.23. The van der Waals surface area contributed by atoms with E-state index in [0.29, 0.717) is 21.7 Å². The van der Waals surface area contributed by atoms with Crippen molar-refractivity contribution in [2.75, 3.05) is 18.6 Å². The molecule has 1 atom stereocenters. The molecule has 0 saturated heterocycles. The number of carbonyl (C=O) groups is 1. The molecule has 1 aliphatic heterocycles. The predicted molar refractivity (Wildman–Crippen MR) is 120 cm³/mol. The quantitative estimate of drug-likeness (QED) is 0.517. The van der Waals surface area contributed by atoms with Gasteiger partial charge in [0, 0.05) is 28.9 Å². The second-order valence-corrected chi connectivity index (χ2v) is 8.79. The first kappa shape index (κ1) is 21.5. The summed E-state index contributed by atoms with van der Waals surface area (Å²) in [5.74, 6) is 0.607. The van der Waals surface area contributed by atoms with Crippen LogP contribution in [0.3, 0.4) is 0 Å². The summed E-state index contributed by atoms with van der Waals surface area (Å²) in [5.41, 5.74) is 5.67. The average Bonchev–Trinajstić information content (AvgIpc) is 2.66. The SMILES string of the molecule is CC1CC(C)(C)N(C)c2cc(Cl)c(/C=N\NC(=O)COc3ccc(Cl)cc3)cc21. The zero-order valence-corrected chi connectivity index (χ0v) is 18.5. The zero-order valence-electron chi connectivity index (χ0n) is 17.0. The van der Waals surface area contributed by atoms with E-state index < -0.39 is 0 Å². The molecule has 3 rings (SSSR count). The minimum Gasteiger partial charge on any atom is -0.484 e. The molecule has 154 valence electrons. The molecular formula is C22H25Cl2N3O2. The lowest BCUT2D eigenvalue weighted by Gasteiger charge is -2.45. The Kier molecular flexibility index (Phi) is 6.39. The molecule has 1 heterocycles. The maximum Gasteiger partial charge on any atom is 0.277 e. The van der Waals surface area contributed by atoms with Crippen molar-refractivity contribution >= 4 is 41.0 Å². The zero-order chi connectivity index (χ0) is 21.2. The van der Waals surface area contributed by atoms with Crippen LogP contribution in [0.2, 0.25) is 10.0 Å². The van der Waals surface area contributed by atoms with Gasteiger partial charge in [-0.2, -0.15) is 5.10 Å². The summed E-state index contributed by atoms with van der Waals surface area (Å²) >= 11 is 12.3. The van der Waals surface area contributed by atoms with Gasteiger partial charge in [0.1, 0.15) is 5.75 Å². The minimum atomic E-state index is -0.361. The summed E-state index contributed by atoms with van der Waals surface area (Å²) in [7, 11) is 2.09. The number of halogens is 2. The molecule has 2 aromatic rings. The van der Waals surface area contributed by atoms with E-state index >= 15 is 0 Å². The standard InChI is InChI=1S/C22H25Cl2N3O2/c1-14-11-22(2,3)27(4)20-10-19(24)15(9-18(14)20)12-25-26-21(28)13-29-17-7-5-16(23)6-8-17/h5-10,12,14H,11,13H2,1-4H3,(H,26,28)/b25-12-. The lowest BCUT2D eigenvalue weighted by atomic mass is 9.80. The first-order valence-electron chi connectivity index (χ1n) is 9.45. The molecule has 1 N–H and O–H groups in total. The Morgan fingerprint density at radius 1 is 1.31 bits per heavy atom. The molecule has 0 fully saturated rings. The molecule has 0 aliphatic carbocycles. The summed E-state index contributed by atoms with van der Waals surface area (Å²) in [4.78, 5) is 14.2. The van der Waals surface area contributed by atoms with Gasteiger partial charge in [-0.05, 0) is 68.1 Å². The van der Waals surface area contributed by atoms with Gasteiger partial charge in [-0.1, -0.05) is 30.1 Å². The van der Waals surface area contributed by atoms with E-state index in [-0.39, 0.29) is 18.1 Å². The van der Waals surface area contributed by atoms with Gasteiger partial charge in [0.05, 0.1) is 11.2 Å². The molecule has 0 saturated carbocycles. The van der Waals surface area contributed by atoms with E-state index in [1.807, 2.05) is 12.1 Å². The van der Waals surface area contributed by atoms with Crippen molar-refractivity contribution in [3.8, 4) is 5.75 Å². The maximum atomic E-state index is 11.9. The number of rotatable bonds is 5. The van der Waals surface area contributed by atoms with Crippen LogP contribution in [0.5, 0.6) is 5.75 Å². The van der Waals surface area contributed by atoms with Crippen LogP contribution >= 0.6 is 23.2 Å². The topological polar surface area (TPSA) is 53.9 Å². The molecule has 0 bridgehead atoms. The normalized spacial score (nSPS) is 17.9. The third-order valence-electron chi connectivity index (χ3n) is 5.33. The van der Waals surface area contributed by atoms with Crippen LogP contribution in [0.4, 0.5) is 5.69 Å². The van der Waals surface area contributed by atoms with Crippen molar-refractivity contribution in [1.29, 1.82) is 0 Å². The van der Waals surface area contributed by atoms with Gasteiger partial charge in [-0.25, -0.2) is 5.43 Å². The number of fused-ring (bicyclic) bond motifs is 1. The van der Waals surface area contributed by atoms with Crippen LogP contribution in [0.1, 0.15) is 44.2 Å². The molecule has 1 aliphatic rings. The number of nitrogens with zero attached hydrogens (tertiary/aromatic N) is 2. The van der Waals surface area contributed by atoms with Crippen LogP contribution < -0.4 is 15.1 Å². The van der Waals surface area contributed by atoms with Gasteiger partial charge < -0.3 is 9.64 Å². The van der Waals surface area contributed by atoms with Crippen molar-refractivity contribution < 1.29 is 9.53 Å². The van der Waals surface area contributed by atoms with Gasteiger partial charge in [0.15, 0.2) is 6.61 Å². The average molecular weight is 434 g/mol. The Balaban J connectivity index is 1.64. The molecule has 2 aromatic carbocycles. The third-order valence-corrected chi connectivity index (χ3v) is 5.91. The second kappa shape index (κ2) is 8.64. The monoisotopic (exact) mass is 433 g/mol. The first-order chi connectivity index (χ1) is 13.7. The molecule has 0 aromatic heterocycles. The van der Waals surface area contributed by atoms with Crippen LogP contribution in [0, 0.1) is 0 Å². The van der Waals surface area contributed by atoms with Gasteiger partial charge in [0.25, 0.3) is 5.91 Å². The Hall–Kier alpha value is -2.24. The summed E-state index contributed by atoms with van der Waals surface area (Å²) in [6.45, 7) is 6.54. The number of benzene rings is 2. The largest absolute Gasteiger partial charge is 0.484 e. The first-order valence-corrected chi connectivity index (χ1v) is 10.2. The number of carbonyl (C=O) groups excluding carboxylic acids is 1. The minimum absolute atomic E-state index is 0.0728. The number of hydrogen-bond acceptors (Lipinski definition) is 4. The fourth-order valence-electron chi connectivity index (χ4n) is 3.59. The Labute approximate surface area is 181 Å². The molecule has 5 nitrogen and oxygen atoms in total. The van der Waals surface area contributed by atoms with Crippen LogP contribution in [-0.4, -0.2) is 31.3 Å². The lowest BCUT2D eigenvalue weighted by molar-refractivity contribution is -0.123. The van der Waals surface area contributed by atoms with E-state index in [4.69, 9.17) is 27.9 Å². The highest BCUT2D eigenvalue weighted by molar-refractivity contribution is 6.33. The highest BCUT2D eigenvalue weighted by Crippen LogP contribution is 2.44. The molecule has 1 amide bonds. The second-order valence-electron chi connectivity index (χ2n) is 7.94. The van der Waals surface area contributed by atoms with E-state index in [1.54, 1.807) is 30.5 Å². The van der Waals surface area contributed by atoms with Gasteiger partial charge >= 0.3 is 0 Å². The predicted octanol–water partition coefficient (Wildman–Crippen LogP) is 5.24. The molecule has 0 spiro atoms. The highest BCUT2D eigenvalue weighted by Gasteiger charge is 2.34. The van der Waals surface area contributed by atoms with Crippen LogP contribution in [-0.2, 0) is 4.79 Å². The maximum absolute atomic E-state index is 11.9. The Morgan fingerprint density at radius 3 is 2.69 bits per heavy atom. The fraction of sp³-hybridized carbons (Fsp3) is 0.364. The van der Waals surface area contributed by atoms with Gasteiger partial charge in [-0.15, -0.1) is 0 Å². The lowest BCUT2D eigenvalue weighted by Crippen LogP contribution is -2.45. The number of hydrazone groups is 1. The summed E-state index contributed by atoms with van der Waals surface area (Å²) in [6, 6.07) is 10.8. The Bertz CT molecular complexity index is 926. The van der Waals surface area contributed by atoms with E-state index in [1.165, 1.54) is 5.56 Å². The van der Waals surface area contributed by atoms with Crippen molar-refractivity contribution in [3.05, 3.63) is 57.6 Å². The van der Waals surface area contributed by atoms with E-state index in [9.17, 15) is 4.79 Å². The Morgan fingerprint density at radius 2 is 2.00 bits per heavy atom. The number of nitrogens with one attached hydrogen (secondary N) is 1. The van der Waals surface area contributed by atoms with Crippen LogP contribution in [0.15, 0.2) is 41.5 Å². The molecular weight excluding hydrogens is 409 g/mol. The fourth-order valence-corrected chi connectivity index (χ4v) is 3.92. The number of ether oxygens (including phenoxy) is 1. The van der Waals surface area contributed by atoms with E-state index in [0.717, 1.165) is 17.7 Å². The number of amides is 1. The molecule has 7 heteroatoms. The summed E-state index contributed by atoms with van der Waals surface area (Å²) < 4.78 is 5.39. The van der Waals surface area contributed by atoms with Crippen molar-refractivity contribution in [2.24, 2.45) is 5.10 Å². The molecule has 0 radical (unpaired) electrons. The highest BCUT2D eigenvalue weighted by atomic mass is 35.5. The smallest absolute Gasteiger partial charge is 0.277 e. The van der Waals surface area contributed by atoms with E-state index in [2.05, 4.69) is 43.2 Å². The van der Waals surface area contributed by atoms with Crippen LogP contribution in [0.25, 0.3) is 0 Å². The van der Waals surface area contributed by atoms with Gasteiger partial charge in [0.2, 0.25) is 0 Å².